The van der Waals surface area contributed by atoms with E-state index in [4.69, 9.17) is 21.1 Å². The highest BCUT2D eigenvalue weighted by molar-refractivity contribution is 6.32. The van der Waals surface area contributed by atoms with Crippen LogP contribution >= 0.6 is 11.6 Å². The molecule has 2 fully saturated rings. The third-order valence-electron chi connectivity index (χ3n) is 3.67. The molecule has 1 heterocycles. The predicted octanol–water partition coefficient (Wildman–Crippen LogP) is 3.01. The molecule has 1 aliphatic carbocycles. The van der Waals surface area contributed by atoms with Crippen molar-refractivity contribution in [2.45, 2.75) is 12.5 Å². The summed E-state index contributed by atoms with van der Waals surface area (Å²) in [6.45, 7) is 4.61. The van der Waals surface area contributed by atoms with Crippen LogP contribution in [0.1, 0.15) is 16.8 Å². The molecular formula is C15H15ClO4. The van der Waals surface area contributed by atoms with Gasteiger partial charge in [0.15, 0.2) is 5.78 Å². The molecule has 0 spiro atoms. The Balaban J connectivity index is 1.70. The summed E-state index contributed by atoms with van der Waals surface area (Å²) >= 11 is 6.14. The van der Waals surface area contributed by atoms with Crippen LogP contribution in [0.2, 0.25) is 5.02 Å². The minimum Gasteiger partial charge on any atom is -0.513 e. The first-order valence-electron chi connectivity index (χ1n) is 6.52. The number of Topliss-reactive ketones (excluding diaryl/α,β-unsaturated/α-hetero) is 1. The maximum absolute atomic E-state index is 12.2. The molecule has 1 saturated heterocycles. The standard InChI is InChI=1S/C15H15ClO4/c1-8(17)11-5-12(11)15(18)9-2-3-14(13(16)4-9)20-10-6-19-7-10/h2-4,10-12,17H,1,5-7H2/t11-,12+/m1/s1. The lowest BCUT2D eigenvalue weighted by atomic mass is 10.1. The number of halogens is 1. The molecule has 5 heteroatoms. The fourth-order valence-electron chi connectivity index (χ4n) is 2.28. The van der Waals surface area contributed by atoms with Crippen molar-refractivity contribution in [1.29, 1.82) is 0 Å². The highest BCUT2D eigenvalue weighted by Gasteiger charge is 2.45. The Hall–Kier alpha value is -1.52. The van der Waals surface area contributed by atoms with E-state index in [1.165, 1.54) is 0 Å². The molecule has 0 aromatic heterocycles. The van der Waals surface area contributed by atoms with E-state index in [-0.39, 0.29) is 29.5 Å². The van der Waals surface area contributed by atoms with Crippen LogP contribution in [0.3, 0.4) is 0 Å². The van der Waals surface area contributed by atoms with Gasteiger partial charge in [-0.1, -0.05) is 18.2 Å². The molecule has 2 aliphatic rings. The minimum atomic E-state index is -0.171. The molecule has 0 unspecified atom stereocenters. The Morgan fingerprint density at radius 3 is 2.65 bits per heavy atom. The molecular weight excluding hydrogens is 280 g/mol. The second kappa shape index (κ2) is 5.11. The van der Waals surface area contributed by atoms with E-state index >= 15 is 0 Å². The largest absolute Gasteiger partial charge is 0.513 e. The summed E-state index contributed by atoms with van der Waals surface area (Å²) in [6.07, 6.45) is 0.697. The van der Waals surface area contributed by atoms with Gasteiger partial charge in [-0.15, -0.1) is 0 Å². The van der Waals surface area contributed by atoms with Crippen molar-refractivity contribution in [2.75, 3.05) is 13.2 Å². The van der Waals surface area contributed by atoms with Crippen LogP contribution in [0.15, 0.2) is 30.5 Å². The van der Waals surface area contributed by atoms with Crippen molar-refractivity contribution >= 4 is 17.4 Å². The van der Waals surface area contributed by atoms with Crippen molar-refractivity contribution in [1.82, 2.24) is 0 Å². The SMILES string of the molecule is C=C(O)[C@H]1C[C@@H]1C(=O)c1ccc(OC2COC2)c(Cl)c1. The second-order valence-corrected chi connectivity index (χ2v) is 5.63. The van der Waals surface area contributed by atoms with Crippen molar-refractivity contribution in [2.24, 2.45) is 11.8 Å². The van der Waals surface area contributed by atoms with Crippen molar-refractivity contribution in [3.05, 3.63) is 41.1 Å². The van der Waals surface area contributed by atoms with Crippen LogP contribution in [0.4, 0.5) is 0 Å². The number of ketones is 1. The number of allylic oxidation sites excluding steroid dienone is 1. The summed E-state index contributed by atoms with van der Waals surface area (Å²) in [6, 6.07) is 5.03. The van der Waals surface area contributed by atoms with Crippen molar-refractivity contribution in [3.8, 4) is 5.75 Å². The molecule has 0 bridgehead atoms. The van der Waals surface area contributed by atoms with Crippen LogP contribution in [0.5, 0.6) is 5.75 Å². The first kappa shape index (κ1) is 13.5. The van der Waals surface area contributed by atoms with Gasteiger partial charge in [0.05, 0.1) is 24.0 Å². The van der Waals surface area contributed by atoms with Crippen LogP contribution < -0.4 is 4.74 Å². The molecule has 1 saturated carbocycles. The van der Waals surface area contributed by atoms with Crippen LogP contribution in [0.25, 0.3) is 0 Å². The monoisotopic (exact) mass is 294 g/mol. The molecule has 20 heavy (non-hydrogen) atoms. The molecule has 2 atom stereocenters. The first-order valence-corrected chi connectivity index (χ1v) is 6.90. The van der Waals surface area contributed by atoms with Gasteiger partial charge in [0, 0.05) is 17.4 Å². The molecule has 1 aliphatic heterocycles. The third-order valence-corrected chi connectivity index (χ3v) is 3.97. The van der Waals surface area contributed by atoms with Gasteiger partial charge in [-0.3, -0.25) is 4.79 Å². The van der Waals surface area contributed by atoms with Gasteiger partial charge < -0.3 is 14.6 Å². The van der Waals surface area contributed by atoms with E-state index in [2.05, 4.69) is 6.58 Å². The Morgan fingerprint density at radius 1 is 1.40 bits per heavy atom. The minimum absolute atomic E-state index is 0.00868. The Kier molecular flexibility index (Phi) is 3.44. The molecule has 4 nitrogen and oxygen atoms in total. The van der Waals surface area contributed by atoms with Gasteiger partial charge in [-0.25, -0.2) is 0 Å². The van der Waals surface area contributed by atoms with E-state index < -0.39 is 0 Å². The zero-order valence-electron chi connectivity index (χ0n) is 10.8. The third kappa shape index (κ3) is 2.53. The summed E-state index contributed by atoms with van der Waals surface area (Å²) in [4.78, 5) is 12.2. The number of carbonyl (C=O) groups excluding carboxylic acids is 1. The number of hydrogen-bond donors (Lipinski definition) is 1. The second-order valence-electron chi connectivity index (χ2n) is 5.23. The summed E-state index contributed by atoms with van der Waals surface area (Å²) < 4.78 is 10.7. The van der Waals surface area contributed by atoms with Gasteiger partial charge in [0.1, 0.15) is 11.9 Å². The molecule has 106 valence electrons. The lowest BCUT2D eigenvalue weighted by Gasteiger charge is -2.27. The highest BCUT2D eigenvalue weighted by atomic mass is 35.5. The van der Waals surface area contributed by atoms with Crippen molar-refractivity contribution in [3.63, 3.8) is 0 Å². The zero-order chi connectivity index (χ0) is 14.3. The van der Waals surface area contributed by atoms with Gasteiger partial charge in [0.2, 0.25) is 0 Å². The number of ether oxygens (including phenoxy) is 2. The average molecular weight is 295 g/mol. The zero-order valence-corrected chi connectivity index (χ0v) is 11.6. The fourth-order valence-corrected chi connectivity index (χ4v) is 2.50. The van der Waals surface area contributed by atoms with Gasteiger partial charge >= 0.3 is 0 Å². The van der Waals surface area contributed by atoms with Crippen LogP contribution in [0, 0.1) is 11.8 Å². The Bertz CT molecular complexity index is 565. The van der Waals surface area contributed by atoms with Gasteiger partial charge in [0.25, 0.3) is 0 Å². The summed E-state index contributed by atoms with van der Waals surface area (Å²) in [5.41, 5.74) is 0.543. The Morgan fingerprint density at radius 2 is 2.15 bits per heavy atom. The number of benzene rings is 1. The topological polar surface area (TPSA) is 55.8 Å². The molecule has 1 aromatic rings. The summed E-state index contributed by atoms with van der Waals surface area (Å²) in [5.74, 6) is 0.361. The molecule has 0 radical (unpaired) electrons. The normalized spacial score (nSPS) is 24.9. The summed E-state index contributed by atoms with van der Waals surface area (Å²) in [7, 11) is 0. The number of rotatable bonds is 5. The molecule has 3 rings (SSSR count). The maximum Gasteiger partial charge on any atom is 0.166 e. The first-order chi connectivity index (χ1) is 9.56. The molecule has 0 amide bonds. The highest BCUT2D eigenvalue weighted by Crippen LogP contribution is 2.45. The van der Waals surface area contributed by atoms with E-state index in [9.17, 15) is 9.90 Å². The quantitative estimate of drug-likeness (QED) is 0.670. The van der Waals surface area contributed by atoms with Crippen molar-refractivity contribution < 1.29 is 19.4 Å². The van der Waals surface area contributed by atoms with Gasteiger partial charge in [-0.2, -0.15) is 0 Å². The fraction of sp³-hybridized carbons (Fsp3) is 0.400. The average Bonchev–Trinajstić information content (AvgIpc) is 3.14. The lowest BCUT2D eigenvalue weighted by Crippen LogP contribution is -2.38. The number of aliphatic hydroxyl groups excluding tert-OH is 1. The van der Waals surface area contributed by atoms with E-state index in [1.807, 2.05) is 0 Å². The predicted molar refractivity (Wildman–Crippen MR) is 74.4 cm³/mol. The lowest BCUT2D eigenvalue weighted by molar-refractivity contribution is -0.0796. The molecule has 1 N–H and O–H groups in total. The number of carbonyl (C=O) groups is 1. The number of hydrogen-bond acceptors (Lipinski definition) is 4. The Labute approximate surface area is 122 Å². The van der Waals surface area contributed by atoms with E-state index in [1.54, 1.807) is 18.2 Å². The molecule has 1 aromatic carbocycles. The summed E-state index contributed by atoms with van der Waals surface area (Å²) in [5, 5.41) is 9.70. The van der Waals surface area contributed by atoms with Gasteiger partial charge in [-0.05, 0) is 24.6 Å². The number of aliphatic hydroxyl groups is 1. The van der Waals surface area contributed by atoms with E-state index in [0.29, 0.717) is 36.0 Å². The van der Waals surface area contributed by atoms with Crippen LogP contribution in [-0.4, -0.2) is 30.2 Å². The van der Waals surface area contributed by atoms with Crippen LogP contribution in [-0.2, 0) is 4.74 Å². The maximum atomic E-state index is 12.2. The smallest absolute Gasteiger partial charge is 0.166 e. The van der Waals surface area contributed by atoms with E-state index in [0.717, 1.165) is 0 Å².